The maximum atomic E-state index is 10.1. The van der Waals surface area contributed by atoms with Gasteiger partial charge in [0.2, 0.25) is 0 Å². The summed E-state index contributed by atoms with van der Waals surface area (Å²) in [6.45, 7) is 2.17. The fourth-order valence-corrected chi connectivity index (χ4v) is 3.42. The van der Waals surface area contributed by atoms with E-state index in [1.54, 1.807) is 6.07 Å². The summed E-state index contributed by atoms with van der Waals surface area (Å²) < 4.78 is 0. The Labute approximate surface area is 129 Å². The number of H-pyrrole nitrogens is 1. The van der Waals surface area contributed by atoms with Crippen molar-refractivity contribution in [2.75, 3.05) is 18.5 Å². The summed E-state index contributed by atoms with van der Waals surface area (Å²) in [6.07, 6.45) is 6.65. The highest BCUT2D eigenvalue weighted by Gasteiger charge is 2.25. The zero-order valence-electron chi connectivity index (χ0n) is 12.4. The molecule has 1 aromatic carbocycles. The van der Waals surface area contributed by atoms with E-state index in [0.29, 0.717) is 11.7 Å². The molecule has 2 aliphatic heterocycles. The van der Waals surface area contributed by atoms with Crippen molar-refractivity contribution in [2.24, 2.45) is 0 Å². The van der Waals surface area contributed by atoms with Crippen LogP contribution >= 0.6 is 0 Å². The van der Waals surface area contributed by atoms with E-state index in [2.05, 4.69) is 28.0 Å². The van der Waals surface area contributed by atoms with Gasteiger partial charge in [-0.2, -0.15) is 0 Å². The Bertz CT molecular complexity index is 713. The smallest absolute Gasteiger partial charge is 0.165 e. The van der Waals surface area contributed by atoms with Crippen LogP contribution in [-0.4, -0.2) is 23.2 Å². The van der Waals surface area contributed by atoms with Crippen molar-refractivity contribution in [3.8, 4) is 5.75 Å². The Kier molecular flexibility index (Phi) is 3.36. The number of hydrogen-bond acceptors (Lipinski definition) is 3. The molecule has 114 valence electrons. The molecule has 3 heterocycles. The molecule has 6 N–H and O–H groups in total. The lowest BCUT2D eigenvalue weighted by Gasteiger charge is -2.23. The van der Waals surface area contributed by atoms with Crippen LogP contribution in [0.5, 0.6) is 5.75 Å². The molecule has 0 spiro atoms. The van der Waals surface area contributed by atoms with E-state index in [-0.39, 0.29) is 0 Å². The topological polar surface area (TPSA) is 76.7 Å². The molecule has 0 aliphatic carbocycles. The fourth-order valence-electron chi connectivity index (χ4n) is 3.42. The van der Waals surface area contributed by atoms with Crippen LogP contribution < -0.4 is 16.2 Å². The minimum absolute atomic E-state index is 0.314. The van der Waals surface area contributed by atoms with Gasteiger partial charge in [-0.05, 0) is 49.5 Å². The SMILES string of the molecule is Oc1ccccc1C1=Cc2c(C3CCNCC3)c[nH]c2N[NH2+]1. The van der Waals surface area contributed by atoms with E-state index in [4.69, 9.17) is 0 Å². The average molecular weight is 297 g/mol. The number of fused-ring (bicyclic) bond motifs is 1. The molecule has 0 saturated carbocycles. The van der Waals surface area contributed by atoms with Crippen molar-refractivity contribution in [3.05, 3.63) is 47.2 Å². The van der Waals surface area contributed by atoms with Gasteiger partial charge in [-0.15, -0.1) is 0 Å². The minimum Gasteiger partial charge on any atom is -0.507 e. The first-order valence-electron chi connectivity index (χ1n) is 7.85. The number of nitrogens with one attached hydrogen (secondary N) is 3. The maximum absolute atomic E-state index is 10.1. The number of phenolic OH excluding ortho intramolecular Hbond substituents is 1. The third-order valence-corrected chi connectivity index (χ3v) is 4.62. The molecule has 2 aliphatic rings. The minimum atomic E-state index is 0.314. The number of nitrogens with two attached hydrogens (primary N) is 1. The second-order valence-electron chi connectivity index (χ2n) is 5.96. The number of aromatic nitrogens is 1. The molecular weight excluding hydrogens is 276 g/mol. The van der Waals surface area contributed by atoms with Crippen LogP contribution in [0.4, 0.5) is 5.82 Å². The van der Waals surface area contributed by atoms with E-state index >= 15 is 0 Å². The Morgan fingerprint density at radius 3 is 2.77 bits per heavy atom. The third-order valence-electron chi connectivity index (χ3n) is 4.62. The number of nitrogen functional groups attached to an aromatic ring is 1. The molecule has 0 unspecified atom stereocenters. The van der Waals surface area contributed by atoms with Gasteiger partial charge in [-0.25, -0.2) is 10.9 Å². The monoisotopic (exact) mass is 297 g/mol. The summed E-state index contributed by atoms with van der Waals surface area (Å²) in [5, 5.41) is 13.5. The lowest BCUT2D eigenvalue weighted by atomic mass is 9.88. The number of rotatable bonds is 2. The lowest BCUT2D eigenvalue weighted by Crippen LogP contribution is -2.86. The summed E-state index contributed by atoms with van der Waals surface area (Å²) in [5.41, 5.74) is 9.75. The van der Waals surface area contributed by atoms with Gasteiger partial charge < -0.3 is 15.4 Å². The van der Waals surface area contributed by atoms with E-state index in [1.807, 2.05) is 23.6 Å². The molecule has 22 heavy (non-hydrogen) atoms. The Balaban J connectivity index is 1.72. The largest absolute Gasteiger partial charge is 0.507 e. The van der Waals surface area contributed by atoms with Gasteiger partial charge in [-0.1, -0.05) is 12.1 Å². The normalized spacial score (nSPS) is 18.5. The van der Waals surface area contributed by atoms with Crippen molar-refractivity contribution in [2.45, 2.75) is 18.8 Å². The van der Waals surface area contributed by atoms with Gasteiger partial charge in [0.1, 0.15) is 5.75 Å². The van der Waals surface area contributed by atoms with Crippen LogP contribution in [-0.2, 0) is 0 Å². The summed E-state index contributed by atoms with van der Waals surface area (Å²) in [7, 11) is 0. The number of aromatic amines is 1. The molecule has 0 amide bonds. The van der Waals surface area contributed by atoms with Crippen molar-refractivity contribution in [1.29, 1.82) is 0 Å². The second kappa shape index (κ2) is 5.51. The van der Waals surface area contributed by atoms with Crippen LogP contribution in [0, 0.1) is 0 Å². The van der Waals surface area contributed by atoms with E-state index < -0.39 is 0 Å². The number of phenols is 1. The number of benzene rings is 1. The molecule has 2 aromatic rings. The van der Waals surface area contributed by atoms with Gasteiger partial charge in [-0.3, -0.25) is 0 Å². The average Bonchev–Trinajstić information content (AvgIpc) is 2.99. The first-order valence-corrected chi connectivity index (χ1v) is 7.85. The van der Waals surface area contributed by atoms with Crippen molar-refractivity contribution in [3.63, 3.8) is 0 Å². The lowest BCUT2D eigenvalue weighted by molar-refractivity contribution is -0.529. The number of anilines is 1. The first-order chi connectivity index (χ1) is 10.8. The molecule has 1 saturated heterocycles. The molecular formula is C17H21N4O+. The molecule has 5 nitrogen and oxygen atoms in total. The van der Waals surface area contributed by atoms with Crippen molar-refractivity contribution < 1.29 is 10.5 Å². The zero-order valence-corrected chi connectivity index (χ0v) is 12.4. The summed E-state index contributed by atoms with van der Waals surface area (Å²) >= 11 is 0. The summed E-state index contributed by atoms with van der Waals surface area (Å²) in [4.78, 5) is 3.34. The fraction of sp³-hybridized carbons (Fsp3) is 0.294. The summed E-state index contributed by atoms with van der Waals surface area (Å²) in [5.74, 6) is 1.96. The van der Waals surface area contributed by atoms with Crippen LogP contribution in [0.15, 0.2) is 30.5 Å². The predicted octanol–water partition coefficient (Wildman–Crippen LogP) is 1.59. The van der Waals surface area contributed by atoms with Crippen molar-refractivity contribution in [1.82, 2.24) is 10.3 Å². The summed E-state index contributed by atoms with van der Waals surface area (Å²) in [6, 6.07) is 7.47. The molecule has 1 fully saturated rings. The number of quaternary nitrogens is 1. The Hall–Kier alpha value is -2.24. The standard InChI is InChI=1S/C17H20N4O/c22-16-4-2-1-3-12(16)15-9-13-14(10-19-17(13)21-20-15)11-5-7-18-8-6-11/h1-4,9-11,18-22H,5-8H2/p+1. The van der Waals surface area contributed by atoms with Crippen LogP contribution in [0.3, 0.4) is 0 Å². The van der Waals surface area contributed by atoms with Gasteiger partial charge in [0.15, 0.2) is 11.5 Å². The number of para-hydroxylation sites is 1. The molecule has 0 atom stereocenters. The predicted molar refractivity (Wildman–Crippen MR) is 87.2 cm³/mol. The third kappa shape index (κ3) is 2.28. The molecule has 4 rings (SSSR count). The maximum Gasteiger partial charge on any atom is 0.165 e. The highest BCUT2D eigenvalue weighted by molar-refractivity contribution is 5.85. The van der Waals surface area contributed by atoms with Crippen LogP contribution in [0.2, 0.25) is 0 Å². The Morgan fingerprint density at radius 1 is 1.14 bits per heavy atom. The van der Waals surface area contributed by atoms with E-state index in [1.165, 1.54) is 24.0 Å². The Morgan fingerprint density at radius 2 is 1.95 bits per heavy atom. The van der Waals surface area contributed by atoms with Gasteiger partial charge in [0.25, 0.3) is 0 Å². The highest BCUT2D eigenvalue weighted by Crippen LogP contribution is 2.35. The number of piperidine rings is 1. The van der Waals surface area contributed by atoms with E-state index in [9.17, 15) is 5.11 Å². The first kappa shape index (κ1) is 13.4. The number of aromatic hydroxyl groups is 1. The quantitative estimate of drug-likeness (QED) is 0.546. The van der Waals surface area contributed by atoms with Crippen LogP contribution in [0.25, 0.3) is 11.8 Å². The van der Waals surface area contributed by atoms with E-state index in [0.717, 1.165) is 30.2 Å². The zero-order chi connectivity index (χ0) is 14.9. The molecule has 0 radical (unpaired) electrons. The van der Waals surface area contributed by atoms with Gasteiger partial charge >= 0.3 is 0 Å². The molecule has 5 heteroatoms. The highest BCUT2D eigenvalue weighted by atomic mass is 16.3. The molecule has 1 aromatic heterocycles. The van der Waals surface area contributed by atoms with Gasteiger partial charge in [0.05, 0.1) is 5.56 Å². The number of hydrogen-bond donors (Lipinski definition) is 5. The second-order valence-corrected chi connectivity index (χ2v) is 5.96. The molecule has 0 bridgehead atoms. The van der Waals surface area contributed by atoms with Crippen molar-refractivity contribution >= 4 is 17.6 Å². The van der Waals surface area contributed by atoms with Gasteiger partial charge in [0, 0.05) is 17.8 Å². The van der Waals surface area contributed by atoms with Crippen LogP contribution in [0.1, 0.15) is 35.4 Å².